The molecule has 6 heteroatoms. The van der Waals surface area contributed by atoms with Crippen molar-refractivity contribution in [3.63, 3.8) is 0 Å². The number of ether oxygens (including phenoxy) is 2. The summed E-state index contributed by atoms with van der Waals surface area (Å²) in [7, 11) is -1.46. The highest BCUT2D eigenvalue weighted by atomic mass is 16.7. The van der Waals surface area contributed by atoms with Crippen LogP contribution < -0.4 is 5.59 Å². The lowest BCUT2D eigenvalue weighted by Gasteiger charge is -2.08. The van der Waals surface area contributed by atoms with E-state index in [4.69, 9.17) is 19.5 Å². The van der Waals surface area contributed by atoms with Gasteiger partial charge in [0.05, 0.1) is 13.2 Å². The van der Waals surface area contributed by atoms with Crippen LogP contribution in [0.25, 0.3) is 10.9 Å². The number of H-pyrrole nitrogens is 1. The van der Waals surface area contributed by atoms with E-state index < -0.39 is 7.12 Å². The van der Waals surface area contributed by atoms with Crippen molar-refractivity contribution in [2.75, 3.05) is 13.2 Å². The second kappa shape index (κ2) is 5.97. The molecule has 1 saturated heterocycles. The molecule has 0 saturated carbocycles. The van der Waals surface area contributed by atoms with Crippen molar-refractivity contribution in [1.82, 2.24) is 4.98 Å². The summed E-state index contributed by atoms with van der Waals surface area (Å²) in [5, 5.41) is 19.3. The standard InChI is InChI=1S/C14H18BNO4/c17-15(18)13-9-11-8-10(4-5-12(11)16-13)2-1-3-14-19-6-7-20-14/h4-5,8-9,14,16-18H,1-3,6-7H2. The minimum absolute atomic E-state index is 0.0397. The highest BCUT2D eigenvalue weighted by Crippen LogP contribution is 2.17. The molecule has 20 heavy (non-hydrogen) atoms. The number of aromatic nitrogens is 1. The summed E-state index contributed by atoms with van der Waals surface area (Å²) in [4.78, 5) is 2.98. The molecule has 3 N–H and O–H groups in total. The molecule has 0 spiro atoms. The molecular weight excluding hydrogens is 257 g/mol. The summed E-state index contributed by atoms with van der Waals surface area (Å²) in [6.07, 6.45) is 2.84. The van der Waals surface area contributed by atoms with Crippen LogP contribution in [-0.2, 0) is 15.9 Å². The van der Waals surface area contributed by atoms with Gasteiger partial charge in [-0.05, 0) is 48.4 Å². The summed E-state index contributed by atoms with van der Waals surface area (Å²) >= 11 is 0. The average molecular weight is 275 g/mol. The highest BCUT2D eigenvalue weighted by Gasteiger charge is 2.16. The van der Waals surface area contributed by atoms with Crippen LogP contribution in [0, 0.1) is 0 Å². The van der Waals surface area contributed by atoms with Crippen molar-refractivity contribution in [3.05, 3.63) is 29.8 Å². The molecule has 0 atom stereocenters. The Labute approximate surface area is 117 Å². The van der Waals surface area contributed by atoms with E-state index in [9.17, 15) is 0 Å². The Balaban J connectivity index is 1.62. The Morgan fingerprint density at radius 3 is 2.75 bits per heavy atom. The first-order valence-electron chi connectivity index (χ1n) is 6.93. The van der Waals surface area contributed by atoms with E-state index in [1.807, 2.05) is 6.07 Å². The summed E-state index contributed by atoms with van der Waals surface area (Å²) in [5.74, 6) is 0. The molecule has 0 unspecified atom stereocenters. The fourth-order valence-corrected chi connectivity index (χ4v) is 2.55. The van der Waals surface area contributed by atoms with Crippen molar-refractivity contribution in [1.29, 1.82) is 0 Å². The fourth-order valence-electron chi connectivity index (χ4n) is 2.55. The van der Waals surface area contributed by atoms with Crippen LogP contribution in [0.3, 0.4) is 0 Å². The Kier molecular flexibility index (Phi) is 4.07. The van der Waals surface area contributed by atoms with Crippen LogP contribution in [0.4, 0.5) is 0 Å². The first-order chi connectivity index (χ1) is 9.72. The van der Waals surface area contributed by atoms with Gasteiger partial charge in [0.15, 0.2) is 6.29 Å². The minimum atomic E-state index is -1.46. The minimum Gasteiger partial charge on any atom is -0.422 e. The van der Waals surface area contributed by atoms with Crippen molar-refractivity contribution in [3.8, 4) is 0 Å². The van der Waals surface area contributed by atoms with Gasteiger partial charge in [0.2, 0.25) is 0 Å². The maximum atomic E-state index is 9.15. The third kappa shape index (κ3) is 3.04. The third-order valence-corrected chi connectivity index (χ3v) is 3.58. The van der Waals surface area contributed by atoms with E-state index in [1.165, 1.54) is 5.56 Å². The van der Waals surface area contributed by atoms with Crippen LogP contribution in [0.2, 0.25) is 0 Å². The molecule has 1 fully saturated rings. The monoisotopic (exact) mass is 275 g/mol. The van der Waals surface area contributed by atoms with E-state index in [2.05, 4.69) is 17.1 Å². The van der Waals surface area contributed by atoms with Crippen LogP contribution in [0.1, 0.15) is 18.4 Å². The fraction of sp³-hybridized carbons (Fsp3) is 0.429. The topological polar surface area (TPSA) is 74.7 Å². The maximum Gasteiger partial charge on any atom is 0.505 e. The summed E-state index contributed by atoms with van der Waals surface area (Å²) in [6, 6.07) is 7.88. The van der Waals surface area contributed by atoms with Gasteiger partial charge in [0.1, 0.15) is 0 Å². The zero-order valence-electron chi connectivity index (χ0n) is 11.2. The molecule has 0 aliphatic carbocycles. The van der Waals surface area contributed by atoms with E-state index in [-0.39, 0.29) is 6.29 Å². The lowest BCUT2D eigenvalue weighted by molar-refractivity contribution is -0.0475. The molecule has 0 radical (unpaired) electrons. The smallest absolute Gasteiger partial charge is 0.422 e. The number of hydrogen-bond acceptors (Lipinski definition) is 4. The number of rotatable bonds is 5. The van der Waals surface area contributed by atoms with Crippen molar-refractivity contribution < 1.29 is 19.5 Å². The first-order valence-corrected chi connectivity index (χ1v) is 6.93. The Bertz CT molecular complexity index is 578. The van der Waals surface area contributed by atoms with Crippen LogP contribution in [-0.4, -0.2) is 41.7 Å². The van der Waals surface area contributed by atoms with Gasteiger partial charge in [-0.2, -0.15) is 0 Å². The molecule has 1 aromatic heterocycles. The van der Waals surface area contributed by atoms with Gasteiger partial charge in [-0.25, -0.2) is 0 Å². The van der Waals surface area contributed by atoms with E-state index in [1.54, 1.807) is 6.07 Å². The lowest BCUT2D eigenvalue weighted by atomic mass is 9.86. The number of hydrogen-bond donors (Lipinski definition) is 3. The van der Waals surface area contributed by atoms with Gasteiger partial charge in [0, 0.05) is 11.1 Å². The third-order valence-electron chi connectivity index (χ3n) is 3.58. The normalized spacial score (nSPS) is 16.1. The number of fused-ring (bicyclic) bond motifs is 1. The van der Waals surface area contributed by atoms with Crippen molar-refractivity contribution in [2.45, 2.75) is 25.6 Å². The van der Waals surface area contributed by atoms with Gasteiger partial charge >= 0.3 is 7.12 Å². The zero-order valence-corrected chi connectivity index (χ0v) is 11.2. The van der Waals surface area contributed by atoms with Crippen molar-refractivity contribution >= 4 is 23.6 Å². The first kappa shape index (κ1) is 13.6. The molecule has 106 valence electrons. The molecule has 2 aromatic rings. The second-order valence-corrected chi connectivity index (χ2v) is 5.08. The number of aromatic amines is 1. The second-order valence-electron chi connectivity index (χ2n) is 5.08. The highest BCUT2D eigenvalue weighted by molar-refractivity contribution is 6.58. The lowest BCUT2D eigenvalue weighted by Crippen LogP contribution is -2.30. The van der Waals surface area contributed by atoms with Gasteiger partial charge in [-0.1, -0.05) is 6.07 Å². The maximum absolute atomic E-state index is 9.15. The molecule has 0 amide bonds. The summed E-state index contributed by atoms with van der Waals surface area (Å²) < 4.78 is 10.8. The molecule has 0 bridgehead atoms. The molecule has 5 nitrogen and oxygen atoms in total. The van der Waals surface area contributed by atoms with Crippen LogP contribution >= 0.6 is 0 Å². The zero-order chi connectivity index (χ0) is 13.9. The van der Waals surface area contributed by atoms with Gasteiger partial charge in [-0.15, -0.1) is 0 Å². The molecule has 1 aliphatic rings. The Morgan fingerprint density at radius 2 is 2.00 bits per heavy atom. The SMILES string of the molecule is OB(O)c1cc2cc(CCCC3OCCO3)ccc2[nH]1. The number of nitrogens with one attached hydrogen (secondary N) is 1. The predicted molar refractivity (Wildman–Crippen MR) is 76.8 cm³/mol. The van der Waals surface area contributed by atoms with Crippen LogP contribution in [0.5, 0.6) is 0 Å². The molecule has 1 aromatic carbocycles. The average Bonchev–Trinajstić information content (AvgIpc) is 3.06. The number of aryl methyl sites for hydroxylation is 1. The van der Waals surface area contributed by atoms with Gasteiger partial charge in [-0.3, -0.25) is 0 Å². The molecular formula is C14H18BNO4. The predicted octanol–water partition coefficient (Wildman–Crippen LogP) is 0.543. The Hall–Kier alpha value is -1.34. The van der Waals surface area contributed by atoms with Gasteiger partial charge < -0.3 is 24.5 Å². The van der Waals surface area contributed by atoms with Gasteiger partial charge in [0.25, 0.3) is 0 Å². The van der Waals surface area contributed by atoms with Crippen LogP contribution in [0.15, 0.2) is 24.3 Å². The quantitative estimate of drug-likeness (QED) is 0.696. The summed E-state index contributed by atoms with van der Waals surface area (Å²) in [5.41, 5.74) is 2.57. The molecule has 1 aliphatic heterocycles. The van der Waals surface area contributed by atoms with E-state index >= 15 is 0 Å². The Morgan fingerprint density at radius 1 is 1.20 bits per heavy atom. The van der Waals surface area contributed by atoms with Crippen molar-refractivity contribution in [2.24, 2.45) is 0 Å². The van der Waals surface area contributed by atoms with E-state index in [0.717, 1.165) is 30.2 Å². The largest absolute Gasteiger partial charge is 0.505 e. The molecule has 3 rings (SSSR count). The number of benzene rings is 1. The summed E-state index contributed by atoms with van der Waals surface area (Å²) in [6.45, 7) is 1.40. The van der Waals surface area contributed by atoms with E-state index in [0.29, 0.717) is 18.8 Å². The molecule has 2 heterocycles.